The topological polar surface area (TPSA) is 189 Å². The molecule has 5 rings (SSSR count). The number of halogens is 1. The lowest BCUT2D eigenvalue weighted by Crippen LogP contribution is -2.50. The summed E-state index contributed by atoms with van der Waals surface area (Å²) in [7, 11) is 0. The van der Waals surface area contributed by atoms with Crippen LogP contribution in [0.4, 0.5) is 5.69 Å². The van der Waals surface area contributed by atoms with Crippen molar-refractivity contribution in [1.82, 2.24) is 35.8 Å². The quantitative estimate of drug-likeness (QED) is 0.149. The molecule has 2 aromatic carbocycles. The van der Waals surface area contributed by atoms with Gasteiger partial charge in [0.25, 0.3) is 11.8 Å². The molecule has 3 amide bonds. The number of hydrogen-bond acceptors (Lipinski definition) is 10. The van der Waals surface area contributed by atoms with Gasteiger partial charge in [0, 0.05) is 35.8 Å². The Morgan fingerprint density at radius 1 is 0.941 bits per heavy atom. The number of nitrogens with zero attached hydrogens (tertiary/aromatic N) is 6. The van der Waals surface area contributed by atoms with E-state index < -0.39 is 11.9 Å². The highest BCUT2D eigenvalue weighted by molar-refractivity contribution is 6.17. The number of pyridine rings is 1. The third-order valence-corrected chi connectivity index (χ3v) is 9.66. The predicted octanol–water partition coefficient (Wildman–Crippen LogP) is 3.93. The second-order valence-electron chi connectivity index (χ2n) is 12.9. The van der Waals surface area contributed by atoms with Gasteiger partial charge in [-0.3, -0.25) is 14.4 Å². The summed E-state index contributed by atoms with van der Waals surface area (Å²) in [5.74, 6) is -0.376. The molecule has 1 aliphatic rings. The molecule has 0 unspecified atom stereocenters. The number of aromatic nitrogens is 5. The van der Waals surface area contributed by atoms with E-state index in [4.69, 9.17) is 11.5 Å². The zero-order valence-electron chi connectivity index (χ0n) is 29.5. The van der Waals surface area contributed by atoms with Gasteiger partial charge in [0.05, 0.1) is 11.7 Å². The fourth-order valence-electron chi connectivity index (χ4n) is 6.51. The Balaban J connectivity index is 0.00000583. The number of nitrogens with one attached hydrogen (secondary N) is 2. The Hall–Kier alpha value is -4.56. The Labute approximate surface area is 305 Å². The van der Waals surface area contributed by atoms with Crippen LogP contribution in [0.25, 0.3) is 22.5 Å². The van der Waals surface area contributed by atoms with Gasteiger partial charge in [-0.15, -0.1) is 22.6 Å². The fourth-order valence-corrected chi connectivity index (χ4v) is 6.51. The van der Waals surface area contributed by atoms with Crippen molar-refractivity contribution in [1.29, 1.82) is 0 Å². The Morgan fingerprint density at radius 3 is 2.20 bits per heavy atom. The summed E-state index contributed by atoms with van der Waals surface area (Å²) in [4.78, 5) is 48.7. The first-order valence-corrected chi connectivity index (χ1v) is 17.5. The smallest absolute Gasteiger partial charge is 0.269 e. The van der Waals surface area contributed by atoms with Crippen molar-refractivity contribution in [2.45, 2.75) is 58.9 Å². The summed E-state index contributed by atoms with van der Waals surface area (Å²) in [6.07, 6.45) is 3.31. The summed E-state index contributed by atoms with van der Waals surface area (Å²) in [6.45, 7) is 9.91. The molecule has 6 N–H and O–H groups in total. The van der Waals surface area contributed by atoms with Crippen molar-refractivity contribution >= 4 is 35.8 Å². The lowest BCUT2D eigenvalue weighted by molar-refractivity contribution is -0.130. The summed E-state index contributed by atoms with van der Waals surface area (Å²) in [6, 6.07) is 17.4. The van der Waals surface area contributed by atoms with E-state index in [2.05, 4.69) is 49.7 Å². The highest BCUT2D eigenvalue weighted by Gasteiger charge is 2.35. The van der Waals surface area contributed by atoms with E-state index in [-0.39, 0.29) is 36.6 Å². The number of rotatable bonds is 14. The van der Waals surface area contributed by atoms with Gasteiger partial charge in [-0.05, 0) is 111 Å². The van der Waals surface area contributed by atoms with Gasteiger partial charge in [-0.1, -0.05) is 44.2 Å². The summed E-state index contributed by atoms with van der Waals surface area (Å²) < 4.78 is 0. The number of anilines is 1. The molecule has 2 aromatic heterocycles. The molecule has 4 aromatic rings. The van der Waals surface area contributed by atoms with Crippen LogP contribution in [0.1, 0.15) is 61.3 Å². The van der Waals surface area contributed by atoms with Gasteiger partial charge in [0.1, 0.15) is 5.69 Å². The van der Waals surface area contributed by atoms with Crippen molar-refractivity contribution in [2.75, 3.05) is 37.6 Å². The third-order valence-electron chi connectivity index (χ3n) is 9.66. The molecule has 1 saturated carbocycles. The minimum absolute atomic E-state index is 0. The van der Waals surface area contributed by atoms with Crippen molar-refractivity contribution in [3.05, 3.63) is 77.6 Å². The van der Waals surface area contributed by atoms with Crippen molar-refractivity contribution in [3.8, 4) is 22.5 Å². The molecular formula is C37H49ClN10O3. The summed E-state index contributed by atoms with van der Waals surface area (Å²) >= 11 is 0. The predicted molar refractivity (Wildman–Crippen MR) is 200 cm³/mol. The van der Waals surface area contributed by atoms with Crippen molar-refractivity contribution in [2.24, 2.45) is 23.3 Å². The largest absolute Gasteiger partial charge is 0.349 e. The molecule has 1 atom stereocenters. The number of carbonyl (C=O) groups excluding carboxylic acids is 3. The van der Waals surface area contributed by atoms with E-state index in [1.807, 2.05) is 37.3 Å². The maximum absolute atomic E-state index is 14.0. The molecule has 2 heterocycles. The number of carbonyl (C=O) groups is 3. The Bertz CT molecular complexity index is 1720. The number of aryl methyl sites for hydroxylation is 1. The highest BCUT2D eigenvalue weighted by atomic mass is 35.5. The number of amides is 3. The third kappa shape index (κ3) is 9.82. The average molecular weight is 717 g/mol. The first-order valence-electron chi connectivity index (χ1n) is 17.5. The number of benzene rings is 2. The average Bonchev–Trinajstić information content (AvgIpc) is 3.69. The zero-order valence-corrected chi connectivity index (χ0v) is 30.4. The molecule has 1 aliphatic carbocycles. The molecule has 51 heavy (non-hydrogen) atoms. The van der Waals surface area contributed by atoms with Crippen molar-refractivity contribution in [3.63, 3.8) is 0 Å². The molecule has 272 valence electrons. The van der Waals surface area contributed by atoms with Gasteiger partial charge in [0.2, 0.25) is 11.7 Å². The Morgan fingerprint density at radius 2 is 1.61 bits per heavy atom. The number of aromatic amines is 1. The second kappa shape index (κ2) is 18.6. The fraction of sp³-hybridized carbons (Fsp3) is 0.432. The number of likely N-dealkylation sites (N-methyl/N-ethyl adjacent to an activating group) is 1. The van der Waals surface area contributed by atoms with Crippen LogP contribution >= 0.6 is 12.4 Å². The first kappa shape index (κ1) is 39.2. The minimum Gasteiger partial charge on any atom is -0.349 e. The first-order chi connectivity index (χ1) is 24.2. The van der Waals surface area contributed by atoms with Crippen LogP contribution in [0.15, 0.2) is 60.7 Å². The van der Waals surface area contributed by atoms with E-state index in [1.165, 1.54) is 4.90 Å². The molecule has 0 bridgehead atoms. The lowest BCUT2D eigenvalue weighted by atomic mass is 9.81. The SMILES string of the molecule is CCN(CC)CCNC(=O)c1ccc(-c2ccc(C[C@H](N)C(=O)N(C(=O)C3CCC(CN)CC3)c3ccc(-c4nn[nH]n4)cc3)cc2)c(C)n1.Cl. The second-order valence-corrected chi connectivity index (χ2v) is 12.9. The minimum atomic E-state index is -0.954. The van der Waals surface area contributed by atoms with Crippen molar-refractivity contribution < 1.29 is 14.4 Å². The maximum atomic E-state index is 14.0. The number of H-pyrrole nitrogens is 1. The van der Waals surface area contributed by atoms with Crippen LogP contribution in [0.3, 0.4) is 0 Å². The van der Waals surface area contributed by atoms with Gasteiger partial charge in [-0.2, -0.15) is 5.21 Å². The van der Waals surface area contributed by atoms with Crippen LogP contribution in [0.5, 0.6) is 0 Å². The Kier molecular flexibility index (Phi) is 14.3. The van der Waals surface area contributed by atoms with E-state index in [0.717, 1.165) is 54.9 Å². The van der Waals surface area contributed by atoms with Gasteiger partial charge >= 0.3 is 0 Å². The highest BCUT2D eigenvalue weighted by Crippen LogP contribution is 2.32. The molecule has 13 nitrogen and oxygen atoms in total. The molecule has 1 fully saturated rings. The standard InChI is InChI=1S/C37H48N10O3.ClH/c1-4-46(5-2)21-20-40-35(48)33-19-18-31(24(3)41-33)27-10-6-25(7-11-27)22-32(39)37(50)47(36(49)29-12-8-26(23-38)9-13-29)30-16-14-28(15-17-30)34-42-44-45-43-34;/h6-7,10-11,14-19,26,29,32H,4-5,8-9,12-13,20-23,38-39H2,1-3H3,(H,40,48)(H,42,43,44,45);1H/t26?,29?,32-;/m0./s1. The van der Waals surface area contributed by atoms with Gasteiger partial charge < -0.3 is 21.7 Å². The number of imide groups is 1. The number of tetrazole rings is 1. The van der Waals surface area contributed by atoms with E-state index in [9.17, 15) is 14.4 Å². The maximum Gasteiger partial charge on any atom is 0.269 e. The lowest BCUT2D eigenvalue weighted by Gasteiger charge is -2.32. The van der Waals surface area contributed by atoms with Gasteiger partial charge in [0.15, 0.2) is 0 Å². The summed E-state index contributed by atoms with van der Waals surface area (Å²) in [5, 5.41) is 17.0. The van der Waals surface area contributed by atoms with E-state index in [0.29, 0.717) is 54.6 Å². The monoisotopic (exact) mass is 716 g/mol. The molecule has 0 spiro atoms. The van der Waals surface area contributed by atoms with Crippen LogP contribution in [-0.4, -0.2) is 87.0 Å². The molecule has 0 aliphatic heterocycles. The van der Waals surface area contributed by atoms with Crippen LogP contribution in [0.2, 0.25) is 0 Å². The normalized spacial score (nSPS) is 16.3. The zero-order chi connectivity index (χ0) is 35.6. The molecule has 0 saturated heterocycles. The van der Waals surface area contributed by atoms with Crippen LogP contribution < -0.4 is 21.7 Å². The number of nitrogens with two attached hydrogens (primary N) is 2. The molecule has 0 radical (unpaired) electrons. The summed E-state index contributed by atoms with van der Waals surface area (Å²) in [5.41, 5.74) is 17.4. The van der Waals surface area contributed by atoms with E-state index in [1.54, 1.807) is 30.3 Å². The number of hydrogen-bond donors (Lipinski definition) is 4. The molecule has 14 heteroatoms. The van der Waals surface area contributed by atoms with Crippen LogP contribution in [0, 0.1) is 18.8 Å². The van der Waals surface area contributed by atoms with E-state index >= 15 is 0 Å². The van der Waals surface area contributed by atoms with Crippen LogP contribution in [-0.2, 0) is 16.0 Å². The van der Waals surface area contributed by atoms with Gasteiger partial charge in [-0.25, -0.2) is 9.88 Å². The molecular weight excluding hydrogens is 668 g/mol.